The Balaban J connectivity index is 4.43. The summed E-state index contributed by atoms with van der Waals surface area (Å²) >= 11 is 0. The summed E-state index contributed by atoms with van der Waals surface area (Å²) in [5.41, 5.74) is 0.761. The Bertz CT molecular complexity index is 391. The summed E-state index contributed by atoms with van der Waals surface area (Å²) in [7, 11) is 8.79. The van der Waals surface area contributed by atoms with Gasteiger partial charge in [0.25, 0.3) is 0 Å². The SMILES string of the molecule is [B]CC(C)(C)CC(C)(C)CCOCC(C)(C)CC(C)(C)N(P)C(C)C. The van der Waals surface area contributed by atoms with Crippen molar-refractivity contribution in [3.8, 4) is 0 Å². The fourth-order valence-electron chi connectivity index (χ4n) is 4.17. The maximum atomic E-state index is 6.11. The van der Waals surface area contributed by atoms with Crippen LogP contribution in [0.15, 0.2) is 0 Å². The van der Waals surface area contributed by atoms with Crippen LogP contribution in [-0.2, 0) is 4.74 Å². The molecule has 0 N–H and O–H groups in total. The molecule has 148 valence electrons. The van der Waals surface area contributed by atoms with Gasteiger partial charge in [-0.15, -0.1) is 0 Å². The van der Waals surface area contributed by atoms with Crippen molar-refractivity contribution in [1.82, 2.24) is 4.67 Å². The van der Waals surface area contributed by atoms with E-state index in [4.69, 9.17) is 12.6 Å². The molecule has 0 aliphatic heterocycles. The van der Waals surface area contributed by atoms with Gasteiger partial charge in [0, 0.05) is 18.2 Å². The first kappa shape index (κ1) is 25.4. The molecule has 0 aromatic heterocycles. The third-order valence-electron chi connectivity index (χ3n) is 5.09. The zero-order chi connectivity index (χ0) is 20.1. The quantitative estimate of drug-likeness (QED) is 0.233. The van der Waals surface area contributed by atoms with Crippen LogP contribution in [0.3, 0.4) is 0 Å². The average Bonchev–Trinajstić information content (AvgIpc) is 2.40. The monoisotopic (exact) mass is 369 g/mol. The van der Waals surface area contributed by atoms with Crippen LogP contribution in [0.5, 0.6) is 0 Å². The minimum absolute atomic E-state index is 0.135. The largest absolute Gasteiger partial charge is 0.381 e. The maximum Gasteiger partial charge on any atom is 0.0660 e. The van der Waals surface area contributed by atoms with E-state index in [0.717, 1.165) is 38.8 Å². The van der Waals surface area contributed by atoms with Gasteiger partial charge in [-0.2, -0.15) is 0 Å². The van der Waals surface area contributed by atoms with E-state index in [9.17, 15) is 0 Å². The lowest BCUT2D eigenvalue weighted by atomic mass is 9.68. The highest BCUT2D eigenvalue weighted by atomic mass is 31.0. The van der Waals surface area contributed by atoms with E-state index in [1.807, 2.05) is 0 Å². The first-order valence-electron chi connectivity index (χ1n) is 9.86. The van der Waals surface area contributed by atoms with Crippen LogP contribution in [0.4, 0.5) is 0 Å². The minimum Gasteiger partial charge on any atom is -0.381 e. The van der Waals surface area contributed by atoms with E-state index in [-0.39, 0.29) is 21.8 Å². The van der Waals surface area contributed by atoms with Gasteiger partial charge in [0.15, 0.2) is 0 Å². The number of nitrogens with zero attached hydrogens (tertiary/aromatic N) is 1. The van der Waals surface area contributed by atoms with Crippen molar-refractivity contribution in [2.45, 2.75) is 106 Å². The van der Waals surface area contributed by atoms with E-state index < -0.39 is 0 Å². The second-order valence-corrected chi connectivity index (χ2v) is 11.7. The van der Waals surface area contributed by atoms with Gasteiger partial charge in [0.2, 0.25) is 0 Å². The normalized spacial score (nSPS) is 14.6. The van der Waals surface area contributed by atoms with Crippen LogP contribution in [0.1, 0.15) is 88.5 Å². The van der Waals surface area contributed by atoms with Crippen LogP contribution in [0.2, 0.25) is 6.32 Å². The molecule has 1 atom stereocenters. The van der Waals surface area contributed by atoms with Gasteiger partial charge in [0.1, 0.15) is 0 Å². The number of ether oxygens (including phenoxy) is 1. The summed E-state index contributed by atoms with van der Waals surface area (Å²) in [4.78, 5) is 0. The van der Waals surface area contributed by atoms with Crippen LogP contribution >= 0.6 is 9.39 Å². The molecule has 2 radical (unpaired) electrons. The summed E-state index contributed by atoms with van der Waals surface area (Å²) in [5, 5.41) is 0. The van der Waals surface area contributed by atoms with E-state index >= 15 is 0 Å². The van der Waals surface area contributed by atoms with Crippen LogP contribution in [0, 0.1) is 16.2 Å². The smallest absolute Gasteiger partial charge is 0.0660 e. The van der Waals surface area contributed by atoms with Gasteiger partial charge in [0.05, 0.1) is 14.5 Å². The summed E-state index contributed by atoms with van der Waals surface area (Å²) in [6.07, 6.45) is 4.05. The molecule has 0 aromatic carbocycles. The van der Waals surface area contributed by atoms with Crippen molar-refractivity contribution in [3.05, 3.63) is 0 Å². The zero-order valence-corrected chi connectivity index (χ0v) is 20.0. The fraction of sp³-hybridized carbons (Fsp3) is 1.00. The predicted molar refractivity (Wildman–Crippen MR) is 117 cm³/mol. The summed E-state index contributed by atoms with van der Waals surface area (Å²) in [6, 6.07) is 0.517. The topological polar surface area (TPSA) is 12.5 Å². The van der Waals surface area contributed by atoms with Gasteiger partial charge in [-0.3, -0.25) is 4.67 Å². The van der Waals surface area contributed by atoms with Gasteiger partial charge in [-0.1, -0.05) is 57.3 Å². The number of rotatable bonds is 12. The zero-order valence-electron chi connectivity index (χ0n) is 18.8. The molecule has 0 bridgehead atoms. The van der Waals surface area contributed by atoms with Gasteiger partial charge in [-0.05, 0) is 63.2 Å². The molecule has 4 heteroatoms. The van der Waals surface area contributed by atoms with Crippen molar-refractivity contribution < 1.29 is 4.74 Å². The lowest BCUT2D eigenvalue weighted by molar-refractivity contribution is 0.0155. The highest BCUT2D eigenvalue weighted by Crippen LogP contribution is 2.38. The molecule has 0 heterocycles. The Morgan fingerprint density at radius 3 is 1.84 bits per heavy atom. The average molecular weight is 369 g/mol. The molecule has 0 saturated heterocycles. The molecule has 0 fully saturated rings. The summed E-state index contributed by atoms with van der Waals surface area (Å²) in [6.45, 7) is 24.6. The molecule has 0 rings (SSSR count). The van der Waals surface area contributed by atoms with E-state index in [0.29, 0.717) is 6.04 Å². The van der Waals surface area contributed by atoms with Gasteiger partial charge < -0.3 is 4.74 Å². The molecular weight excluding hydrogens is 324 g/mol. The molecule has 1 unspecified atom stereocenters. The van der Waals surface area contributed by atoms with Crippen molar-refractivity contribution in [3.63, 3.8) is 0 Å². The minimum atomic E-state index is 0.135. The summed E-state index contributed by atoms with van der Waals surface area (Å²) in [5.74, 6) is 0. The fourth-order valence-corrected chi connectivity index (χ4v) is 4.26. The molecule has 0 aliphatic rings. The second-order valence-electron chi connectivity index (χ2n) is 11.2. The Morgan fingerprint density at radius 2 is 1.40 bits per heavy atom. The lowest BCUT2D eigenvalue weighted by Gasteiger charge is -2.43. The van der Waals surface area contributed by atoms with Crippen molar-refractivity contribution in [1.29, 1.82) is 0 Å². The first-order valence-corrected chi connectivity index (χ1v) is 10.4. The van der Waals surface area contributed by atoms with Crippen molar-refractivity contribution in [2.75, 3.05) is 13.2 Å². The molecule has 0 spiro atoms. The Labute approximate surface area is 162 Å². The second kappa shape index (κ2) is 9.56. The molecule has 0 aliphatic carbocycles. The standard InChI is InChI=1S/C21H45BNOP/c1-17(2)23(25)21(9,10)14-20(7,8)16-24-12-11-18(3,4)13-19(5,6)15-22/h17H,11-16,25H2,1-10H3. The number of hydrogen-bond acceptors (Lipinski definition) is 2. The highest BCUT2D eigenvalue weighted by Gasteiger charge is 2.33. The molecule has 25 heavy (non-hydrogen) atoms. The van der Waals surface area contributed by atoms with Crippen LogP contribution in [-0.4, -0.2) is 37.3 Å². The van der Waals surface area contributed by atoms with E-state index in [1.165, 1.54) is 0 Å². The molecule has 2 nitrogen and oxygen atoms in total. The molecule has 0 aromatic rings. The first-order chi connectivity index (χ1) is 11.0. The predicted octanol–water partition coefficient (Wildman–Crippen LogP) is 6.12. The molecular formula is C21H45BNOP. The Hall–Kier alpha value is 0.415. The van der Waals surface area contributed by atoms with Gasteiger partial charge in [-0.25, -0.2) is 0 Å². The molecule has 0 saturated carbocycles. The molecule has 0 amide bonds. The maximum absolute atomic E-state index is 6.11. The van der Waals surface area contributed by atoms with Crippen molar-refractivity contribution in [2.24, 2.45) is 16.2 Å². The Morgan fingerprint density at radius 1 is 0.880 bits per heavy atom. The van der Waals surface area contributed by atoms with Crippen molar-refractivity contribution >= 4 is 17.2 Å². The third kappa shape index (κ3) is 10.4. The third-order valence-corrected chi connectivity index (χ3v) is 6.39. The van der Waals surface area contributed by atoms with Crippen LogP contribution in [0.25, 0.3) is 0 Å². The summed E-state index contributed by atoms with van der Waals surface area (Å²) < 4.78 is 8.49. The lowest BCUT2D eigenvalue weighted by Crippen LogP contribution is -2.45. The highest BCUT2D eigenvalue weighted by molar-refractivity contribution is 7.13. The van der Waals surface area contributed by atoms with Gasteiger partial charge >= 0.3 is 0 Å². The van der Waals surface area contributed by atoms with E-state index in [1.54, 1.807) is 0 Å². The number of hydrogen-bond donors (Lipinski definition) is 0. The van der Waals surface area contributed by atoms with Crippen LogP contribution < -0.4 is 0 Å². The Kier molecular flexibility index (Phi) is 9.72. The van der Waals surface area contributed by atoms with E-state index in [2.05, 4.69) is 83.3 Å².